The molecule has 0 saturated carbocycles. The number of rotatable bonds is 2. The fourth-order valence-electron chi connectivity index (χ4n) is 1.79. The quantitative estimate of drug-likeness (QED) is 0.805. The molecule has 1 aliphatic heterocycles. The number of hydrogen-bond acceptors (Lipinski definition) is 3. The highest BCUT2D eigenvalue weighted by Crippen LogP contribution is 2.21. The lowest BCUT2D eigenvalue weighted by Crippen LogP contribution is -2.43. The van der Waals surface area contributed by atoms with Crippen molar-refractivity contribution in [2.75, 3.05) is 31.6 Å². The Morgan fingerprint density at radius 2 is 2.11 bits per heavy atom. The highest BCUT2D eigenvalue weighted by Gasteiger charge is 2.18. The molecule has 102 valence electrons. The van der Waals surface area contributed by atoms with Gasteiger partial charge in [0, 0.05) is 23.1 Å². The van der Waals surface area contributed by atoms with Crippen LogP contribution in [-0.2, 0) is 4.74 Å². The minimum absolute atomic E-state index is 0.164. The number of nitrogens with one attached hydrogen (secondary N) is 1. The highest BCUT2D eigenvalue weighted by atomic mass is 79.9. The van der Waals surface area contributed by atoms with E-state index in [-0.39, 0.29) is 11.0 Å². The van der Waals surface area contributed by atoms with E-state index < -0.39 is 0 Å². The molecular weight excluding hydrogens is 330 g/mol. The second-order valence-electron chi connectivity index (χ2n) is 4.08. The van der Waals surface area contributed by atoms with E-state index in [9.17, 15) is 4.79 Å². The van der Waals surface area contributed by atoms with Crippen LogP contribution >= 0.6 is 28.1 Å². The van der Waals surface area contributed by atoms with Crippen LogP contribution in [0, 0.1) is 0 Å². The molecule has 2 amide bonds. The van der Waals surface area contributed by atoms with E-state index in [0.29, 0.717) is 37.6 Å². The van der Waals surface area contributed by atoms with E-state index in [1.807, 2.05) is 6.07 Å². The zero-order valence-corrected chi connectivity index (χ0v) is 12.6. The van der Waals surface area contributed by atoms with Crippen LogP contribution in [0.3, 0.4) is 0 Å². The molecule has 1 saturated heterocycles. The van der Waals surface area contributed by atoms with Gasteiger partial charge in [-0.15, -0.1) is 0 Å². The number of hydrogen-bond donors (Lipinski definition) is 2. The number of amides is 2. The molecule has 0 spiro atoms. The normalized spacial score (nSPS) is 15.1. The summed E-state index contributed by atoms with van der Waals surface area (Å²) in [4.78, 5) is 14.0. The first-order valence-corrected chi connectivity index (χ1v) is 7.01. The second kappa shape index (κ2) is 6.31. The SMILES string of the molecule is NC(=S)c1cc(Br)ccc1NC(=O)N1CCOCC1. The first-order chi connectivity index (χ1) is 9.08. The molecule has 0 bridgehead atoms. The largest absolute Gasteiger partial charge is 0.389 e. The van der Waals surface area contributed by atoms with Crippen LogP contribution in [-0.4, -0.2) is 42.2 Å². The van der Waals surface area contributed by atoms with Crippen LogP contribution in [0.1, 0.15) is 5.56 Å². The number of nitrogens with two attached hydrogens (primary N) is 1. The number of carbonyl (C=O) groups excluding carboxylic acids is 1. The topological polar surface area (TPSA) is 67.6 Å². The minimum atomic E-state index is -0.164. The summed E-state index contributed by atoms with van der Waals surface area (Å²) in [6, 6.07) is 5.23. The molecular formula is C12H14BrN3O2S. The van der Waals surface area contributed by atoms with Gasteiger partial charge in [-0.25, -0.2) is 4.79 Å². The maximum absolute atomic E-state index is 12.1. The summed E-state index contributed by atoms with van der Waals surface area (Å²) >= 11 is 8.34. The predicted molar refractivity (Wildman–Crippen MR) is 81.4 cm³/mol. The number of benzene rings is 1. The lowest BCUT2D eigenvalue weighted by molar-refractivity contribution is 0.0564. The van der Waals surface area contributed by atoms with Crippen molar-refractivity contribution in [2.45, 2.75) is 0 Å². The smallest absolute Gasteiger partial charge is 0.322 e. The van der Waals surface area contributed by atoms with Gasteiger partial charge in [-0.05, 0) is 18.2 Å². The average Bonchev–Trinajstić information content (AvgIpc) is 2.41. The van der Waals surface area contributed by atoms with Crippen molar-refractivity contribution in [1.29, 1.82) is 0 Å². The summed E-state index contributed by atoms with van der Waals surface area (Å²) in [6.45, 7) is 2.31. The molecule has 1 aliphatic rings. The number of thiocarbonyl (C=S) groups is 1. The van der Waals surface area contributed by atoms with E-state index in [0.717, 1.165) is 4.47 Å². The van der Waals surface area contributed by atoms with E-state index in [1.165, 1.54) is 0 Å². The van der Waals surface area contributed by atoms with Crippen molar-refractivity contribution >= 4 is 44.9 Å². The molecule has 0 aromatic heterocycles. The molecule has 1 heterocycles. The fourth-order valence-corrected chi connectivity index (χ4v) is 2.32. The molecule has 1 aromatic rings. The van der Waals surface area contributed by atoms with Crippen molar-refractivity contribution in [3.8, 4) is 0 Å². The third-order valence-corrected chi connectivity index (χ3v) is 3.50. The zero-order chi connectivity index (χ0) is 13.8. The number of halogens is 1. The van der Waals surface area contributed by atoms with Crippen LogP contribution in [0.15, 0.2) is 22.7 Å². The molecule has 1 aromatic carbocycles. The average molecular weight is 344 g/mol. The summed E-state index contributed by atoms with van der Waals surface area (Å²) in [5.74, 6) is 0. The maximum atomic E-state index is 12.1. The highest BCUT2D eigenvalue weighted by molar-refractivity contribution is 9.10. The summed E-state index contributed by atoms with van der Waals surface area (Å²) in [7, 11) is 0. The molecule has 0 aliphatic carbocycles. The van der Waals surface area contributed by atoms with Gasteiger partial charge in [0.2, 0.25) is 0 Å². The van der Waals surface area contributed by atoms with Crippen molar-refractivity contribution in [1.82, 2.24) is 4.90 Å². The third kappa shape index (κ3) is 3.65. The van der Waals surface area contributed by atoms with Crippen molar-refractivity contribution in [3.05, 3.63) is 28.2 Å². The Morgan fingerprint density at radius 3 is 2.74 bits per heavy atom. The Morgan fingerprint density at radius 1 is 1.42 bits per heavy atom. The van der Waals surface area contributed by atoms with Crippen LogP contribution in [0.4, 0.5) is 10.5 Å². The molecule has 1 fully saturated rings. The summed E-state index contributed by atoms with van der Waals surface area (Å²) in [6.07, 6.45) is 0. The predicted octanol–water partition coefficient (Wildman–Crippen LogP) is 1.95. The summed E-state index contributed by atoms with van der Waals surface area (Å²) < 4.78 is 6.07. The van der Waals surface area contributed by atoms with E-state index in [4.69, 9.17) is 22.7 Å². The van der Waals surface area contributed by atoms with Gasteiger partial charge in [0.25, 0.3) is 0 Å². The first-order valence-electron chi connectivity index (χ1n) is 5.81. The monoisotopic (exact) mass is 343 g/mol. The molecule has 3 N–H and O–H groups in total. The van der Waals surface area contributed by atoms with Gasteiger partial charge in [-0.3, -0.25) is 0 Å². The Hall–Kier alpha value is -1.18. The van der Waals surface area contributed by atoms with Crippen molar-refractivity contribution in [3.63, 3.8) is 0 Å². The maximum Gasteiger partial charge on any atom is 0.322 e. The van der Waals surface area contributed by atoms with E-state index >= 15 is 0 Å². The summed E-state index contributed by atoms with van der Waals surface area (Å²) in [5.41, 5.74) is 6.93. The standard InChI is InChI=1S/C12H14BrN3O2S/c13-8-1-2-10(9(7-8)11(14)19)15-12(17)16-3-5-18-6-4-16/h1-2,7H,3-6H2,(H2,14,19)(H,15,17). The molecule has 0 radical (unpaired) electrons. The van der Waals surface area contributed by atoms with Crippen LogP contribution in [0.5, 0.6) is 0 Å². The van der Waals surface area contributed by atoms with Gasteiger partial charge in [-0.1, -0.05) is 28.1 Å². The van der Waals surface area contributed by atoms with Gasteiger partial charge < -0.3 is 20.7 Å². The van der Waals surface area contributed by atoms with Gasteiger partial charge >= 0.3 is 6.03 Å². The van der Waals surface area contributed by atoms with Crippen molar-refractivity contribution in [2.24, 2.45) is 5.73 Å². The third-order valence-electron chi connectivity index (χ3n) is 2.79. The molecule has 0 atom stereocenters. The van der Waals surface area contributed by atoms with Gasteiger partial charge in [0.15, 0.2) is 0 Å². The van der Waals surface area contributed by atoms with Crippen molar-refractivity contribution < 1.29 is 9.53 Å². The number of ether oxygens (including phenoxy) is 1. The van der Waals surface area contributed by atoms with Crippen LogP contribution in [0.25, 0.3) is 0 Å². The molecule has 19 heavy (non-hydrogen) atoms. The number of anilines is 1. The molecule has 7 heteroatoms. The number of nitrogens with zero attached hydrogens (tertiary/aromatic N) is 1. The van der Waals surface area contributed by atoms with Gasteiger partial charge in [0.1, 0.15) is 4.99 Å². The van der Waals surface area contributed by atoms with E-state index in [2.05, 4.69) is 21.2 Å². The fraction of sp³-hybridized carbons (Fsp3) is 0.333. The Bertz CT molecular complexity index is 504. The minimum Gasteiger partial charge on any atom is -0.389 e. The Balaban J connectivity index is 2.13. The molecule has 5 nitrogen and oxygen atoms in total. The lowest BCUT2D eigenvalue weighted by Gasteiger charge is -2.27. The number of carbonyl (C=O) groups is 1. The number of urea groups is 1. The molecule has 2 rings (SSSR count). The van der Waals surface area contributed by atoms with Gasteiger partial charge in [-0.2, -0.15) is 0 Å². The Kier molecular flexibility index (Phi) is 4.73. The zero-order valence-electron chi connectivity index (χ0n) is 10.2. The second-order valence-corrected chi connectivity index (χ2v) is 5.44. The van der Waals surface area contributed by atoms with E-state index in [1.54, 1.807) is 17.0 Å². The lowest BCUT2D eigenvalue weighted by atomic mass is 10.2. The number of morpholine rings is 1. The summed E-state index contributed by atoms with van der Waals surface area (Å²) in [5, 5.41) is 2.83. The van der Waals surface area contributed by atoms with Crippen LogP contribution < -0.4 is 11.1 Å². The van der Waals surface area contributed by atoms with Crippen LogP contribution in [0.2, 0.25) is 0 Å². The first kappa shape index (κ1) is 14.2. The van der Waals surface area contributed by atoms with Gasteiger partial charge in [0.05, 0.1) is 18.9 Å². The Labute approximate surface area is 125 Å². The molecule has 0 unspecified atom stereocenters.